The minimum absolute atomic E-state index is 0.803. The zero-order valence-corrected chi connectivity index (χ0v) is 10.6. The number of aryl methyl sites for hydroxylation is 1. The monoisotopic (exact) mass is 280 g/mol. The van der Waals surface area contributed by atoms with Crippen LogP contribution in [0.5, 0.6) is 0 Å². The maximum Gasteiger partial charge on any atom is 0.0518 e. The Morgan fingerprint density at radius 3 is 2.94 bits per heavy atom. The molecule has 0 radical (unpaired) electrons. The van der Waals surface area contributed by atoms with E-state index in [2.05, 4.69) is 37.4 Å². The fraction of sp³-hybridized carbons (Fsp3) is 0.273. The van der Waals surface area contributed by atoms with E-state index in [9.17, 15) is 0 Å². The molecule has 0 unspecified atom stereocenters. The van der Waals surface area contributed by atoms with Crippen LogP contribution in [-0.4, -0.2) is 14.8 Å². The second-order valence-corrected chi connectivity index (χ2v) is 4.48. The zero-order chi connectivity index (χ0) is 11.4. The van der Waals surface area contributed by atoms with E-state index in [1.807, 2.05) is 24.0 Å². The minimum Gasteiger partial charge on any atom is -0.307 e. The summed E-state index contributed by atoms with van der Waals surface area (Å²) in [6.45, 7) is 1.61. The largest absolute Gasteiger partial charge is 0.307 e. The van der Waals surface area contributed by atoms with Crippen LogP contribution in [0.25, 0.3) is 0 Å². The highest BCUT2D eigenvalue weighted by Crippen LogP contribution is 2.09. The molecule has 4 nitrogen and oxygen atoms in total. The molecule has 0 aliphatic carbocycles. The molecule has 0 spiro atoms. The lowest BCUT2D eigenvalue weighted by atomic mass is 10.3. The van der Waals surface area contributed by atoms with Crippen molar-refractivity contribution in [3.05, 3.63) is 46.5 Å². The average molecular weight is 281 g/mol. The van der Waals surface area contributed by atoms with Crippen molar-refractivity contribution >= 4 is 15.9 Å². The van der Waals surface area contributed by atoms with Crippen molar-refractivity contribution in [2.75, 3.05) is 0 Å². The van der Waals surface area contributed by atoms with Crippen LogP contribution in [0.15, 0.2) is 35.2 Å². The van der Waals surface area contributed by atoms with Crippen molar-refractivity contribution in [1.82, 2.24) is 20.1 Å². The van der Waals surface area contributed by atoms with Crippen LogP contribution >= 0.6 is 15.9 Å². The first kappa shape index (κ1) is 11.3. The Bertz CT molecular complexity index is 467. The molecule has 0 atom stereocenters. The molecule has 0 fully saturated rings. The summed E-state index contributed by atoms with van der Waals surface area (Å²) in [5.74, 6) is 0. The predicted octanol–water partition coefficient (Wildman–Crippen LogP) is 1.87. The molecule has 0 saturated carbocycles. The fourth-order valence-corrected chi connectivity index (χ4v) is 1.87. The highest BCUT2D eigenvalue weighted by atomic mass is 79.9. The Hall–Kier alpha value is -1.20. The third-order valence-electron chi connectivity index (χ3n) is 2.32. The Morgan fingerprint density at radius 2 is 2.25 bits per heavy atom. The van der Waals surface area contributed by atoms with E-state index in [1.54, 1.807) is 12.4 Å². The number of nitrogens with one attached hydrogen (secondary N) is 1. The summed E-state index contributed by atoms with van der Waals surface area (Å²) in [5, 5.41) is 7.46. The van der Waals surface area contributed by atoms with Gasteiger partial charge in [-0.25, -0.2) is 0 Å². The molecule has 0 aliphatic heterocycles. The third kappa shape index (κ3) is 2.90. The van der Waals surface area contributed by atoms with Gasteiger partial charge in [0.25, 0.3) is 0 Å². The predicted molar refractivity (Wildman–Crippen MR) is 65.7 cm³/mol. The molecule has 0 saturated heterocycles. The minimum atomic E-state index is 0.803. The highest BCUT2D eigenvalue weighted by molar-refractivity contribution is 9.10. The topological polar surface area (TPSA) is 42.7 Å². The molecular formula is C11H13BrN4. The van der Waals surface area contributed by atoms with E-state index < -0.39 is 0 Å². The van der Waals surface area contributed by atoms with Gasteiger partial charge in [0.15, 0.2) is 0 Å². The van der Waals surface area contributed by atoms with Gasteiger partial charge >= 0.3 is 0 Å². The number of hydrogen-bond acceptors (Lipinski definition) is 3. The molecule has 2 rings (SSSR count). The molecule has 2 aromatic rings. The summed E-state index contributed by atoms with van der Waals surface area (Å²) in [6, 6.07) is 4.06. The smallest absolute Gasteiger partial charge is 0.0518 e. The standard InChI is InChI=1S/C11H13BrN4/c1-16-11(2-3-15-16)8-14-6-9-4-10(12)7-13-5-9/h2-5,7,14H,6,8H2,1H3. The lowest BCUT2D eigenvalue weighted by Gasteiger charge is -2.05. The Balaban J connectivity index is 1.87. The van der Waals surface area contributed by atoms with E-state index in [0.717, 1.165) is 23.1 Å². The Morgan fingerprint density at radius 1 is 1.38 bits per heavy atom. The summed E-state index contributed by atoms with van der Waals surface area (Å²) in [5.41, 5.74) is 2.33. The summed E-state index contributed by atoms with van der Waals surface area (Å²) in [4.78, 5) is 4.11. The van der Waals surface area contributed by atoms with Crippen LogP contribution in [0, 0.1) is 0 Å². The quantitative estimate of drug-likeness (QED) is 0.930. The van der Waals surface area contributed by atoms with Gasteiger partial charge < -0.3 is 5.32 Å². The molecule has 1 N–H and O–H groups in total. The van der Waals surface area contributed by atoms with Crippen molar-refractivity contribution in [2.45, 2.75) is 13.1 Å². The van der Waals surface area contributed by atoms with E-state index in [1.165, 1.54) is 5.69 Å². The number of hydrogen-bond donors (Lipinski definition) is 1. The van der Waals surface area contributed by atoms with Crippen molar-refractivity contribution in [3.63, 3.8) is 0 Å². The van der Waals surface area contributed by atoms with Crippen LogP contribution in [0.1, 0.15) is 11.3 Å². The fourth-order valence-electron chi connectivity index (χ4n) is 1.46. The molecular weight excluding hydrogens is 268 g/mol. The SMILES string of the molecule is Cn1nccc1CNCc1cncc(Br)c1. The Labute approximate surface area is 103 Å². The molecule has 0 amide bonds. The molecule has 0 aliphatic rings. The maximum atomic E-state index is 4.11. The lowest BCUT2D eigenvalue weighted by molar-refractivity contribution is 0.625. The van der Waals surface area contributed by atoms with Crippen molar-refractivity contribution in [3.8, 4) is 0 Å². The number of halogens is 1. The van der Waals surface area contributed by atoms with Gasteiger partial charge in [-0.2, -0.15) is 5.10 Å². The van der Waals surface area contributed by atoms with E-state index in [4.69, 9.17) is 0 Å². The van der Waals surface area contributed by atoms with E-state index >= 15 is 0 Å². The van der Waals surface area contributed by atoms with Crippen LogP contribution < -0.4 is 5.32 Å². The van der Waals surface area contributed by atoms with Crippen molar-refractivity contribution in [1.29, 1.82) is 0 Å². The van der Waals surface area contributed by atoms with Gasteiger partial charge in [-0.05, 0) is 33.6 Å². The molecule has 16 heavy (non-hydrogen) atoms. The van der Waals surface area contributed by atoms with Crippen molar-refractivity contribution in [2.24, 2.45) is 7.05 Å². The first-order chi connectivity index (χ1) is 7.75. The van der Waals surface area contributed by atoms with Crippen molar-refractivity contribution < 1.29 is 0 Å². The lowest BCUT2D eigenvalue weighted by Crippen LogP contribution is -2.15. The van der Waals surface area contributed by atoms with Gasteiger partial charge in [0, 0.05) is 43.2 Å². The normalized spacial score (nSPS) is 10.6. The van der Waals surface area contributed by atoms with Gasteiger partial charge in [-0.3, -0.25) is 9.67 Å². The molecule has 0 aromatic carbocycles. The second kappa shape index (κ2) is 5.23. The molecule has 0 bridgehead atoms. The number of aromatic nitrogens is 3. The molecule has 2 aromatic heterocycles. The Kier molecular flexibility index (Phi) is 3.69. The summed E-state index contributed by atoms with van der Waals surface area (Å²) in [7, 11) is 1.94. The first-order valence-corrected chi connectivity index (χ1v) is 5.82. The highest BCUT2D eigenvalue weighted by Gasteiger charge is 1.98. The molecule has 84 valence electrons. The average Bonchev–Trinajstić information content (AvgIpc) is 2.65. The molecule has 2 heterocycles. The summed E-state index contributed by atoms with van der Waals surface area (Å²) in [6.07, 6.45) is 5.45. The second-order valence-electron chi connectivity index (χ2n) is 3.56. The van der Waals surface area contributed by atoms with Crippen LogP contribution in [0.3, 0.4) is 0 Å². The summed E-state index contributed by atoms with van der Waals surface area (Å²) < 4.78 is 2.87. The first-order valence-electron chi connectivity index (χ1n) is 5.03. The van der Waals surface area contributed by atoms with Gasteiger partial charge in [0.05, 0.1) is 5.69 Å². The van der Waals surface area contributed by atoms with Crippen LogP contribution in [-0.2, 0) is 20.1 Å². The number of rotatable bonds is 4. The maximum absolute atomic E-state index is 4.11. The van der Waals surface area contributed by atoms with Crippen LogP contribution in [0.4, 0.5) is 0 Å². The van der Waals surface area contributed by atoms with Gasteiger partial charge in [0.1, 0.15) is 0 Å². The van der Waals surface area contributed by atoms with Gasteiger partial charge in [-0.15, -0.1) is 0 Å². The van der Waals surface area contributed by atoms with Gasteiger partial charge in [0.2, 0.25) is 0 Å². The summed E-state index contributed by atoms with van der Waals surface area (Å²) >= 11 is 3.40. The van der Waals surface area contributed by atoms with E-state index in [-0.39, 0.29) is 0 Å². The number of nitrogens with zero attached hydrogens (tertiary/aromatic N) is 3. The zero-order valence-electron chi connectivity index (χ0n) is 9.02. The molecule has 5 heteroatoms. The van der Waals surface area contributed by atoms with E-state index in [0.29, 0.717) is 0 Å². The number of pyridine rings is 1. The van der Waals surface area contributed by atoms with Crippen LogP contribution in [0.2, 0.25) is 0 Å². The van der Waals surface area contributed by atoms with Gasteiger partial charge in [-0.1, -0.05) is 0 Å². The third-order valence-corrected chi connectivity index (χ3v) is 2.75.